The van der Waals surface area contributed by atoms with Crippen molar-refractivity contribution < 1.29 is 9.18 Å². The largest absolute Gasteiger partial charge is 0.322 e. The third kappa shape index (κ3) is 3.73. The number of fused-ring (bicyclic) bond motifs is 1. The van der Waals surface area contributed by atoms with Gasteiger partial charge in [0.15, 0.2) is 6.04 Å². The van der Waals surface area contributed by atoms with Crippen molar-refractivity contribution in [2.75, 3.05) is 5.32 Å². The summed E-state index contributed by atoms with van der Waals surface area (Å²) in [7, 11) is 0. The monoisotopic (exact) mass is 402 g/mol. The molecule has 0 bridgehead atoms. The van der Waals surface area contributed by atoms with Crippen molar-refractivity contribution in [2.45, 2.75) is 39.3 Å². The summed E-state index contributed by atoms with van der Waals surface area (Å²) in [5.74, 6) is -0.492. The normalized spacial score (nSPS) is 17.5. The Labute approximate surface area is 175 Å². The Morgan fingerprint density at radius 3 is 2.70 bits per heavy atom. The molecule has 30 heavy (non-hydrogen) atoms. The maximum atomic E-state index is 14.3. The number of pyridine rings is 1. The van der Waals surface area contributed by atoms with E-state index in [1.54, 1.807) is 18.5 Å². The van der Waals surface area contributed by atoms with E-state index in [2.05, 4.69) is 20.5 Å². The van der Waals surface area contributed by atoms with Crippen LogP contribution >= 0.6 is 0 Å². The first kappa shape index (κ1) is 19.9. The fraction of sp³-hybridized carbons (Fsp3) is 0.250. The lowest BCUT2D eigenvalue weighted by Gasteiger charge is -2.23. The summed E-state index contributed by atoms with van der Waals surface area (Å²) in [5, 5.41) is 11.4. The molecule has 4 rings (SSSR count). The van der Waals surface area contributed by atoms with Crippen LogP contribution in [-0.2, 0) is 11.2 Å². The Bertz CT molecular complexity index is 1140. The number of nitrogens with zero attached hydrogens (tertiary/aromatic N) is 3. The summed E-state index contributed by atoms with van der Waals surface area (Å²) < 4.78 is 14.3. The number of azo groups is 1. The SMILES string of the molecule is CCc1c(F)cccc1-c1ccc2c(c1)C(C(=O)Nc1cncc(C)c1)N=NC2C. The van der Waals surface area contributed by atoms with Gasteiger partial charge >= 0.3 is 0 Å². The number of aromatic nitrogens is 1. The van der Waals surface area contributed by atoms with Gasteiger partial charge in [-0.3, -0.25) is 9.78 Å². The number of amides is 1. The molecule has 2 atom stereocenters. The summed E-state index contributed by atoms with van der Waals surface area (Å²) in [5.41, 5.74) is 5.67. The number of carbonyl (C=O) groups excluding carboxylic acids is 1. The average molecular weight is 402 g/mol. The smallest absolute Gasteiger partial charge is 0.255 e. The van der Waals surface area contributed by atoms with Crippen LogP contribution < -0.4 is 5.32 Å². The number of aryl methyl sites for hydroxylation is 1. The molecule has 5 nitrogen and oxygen atoms in total. The molecule has 1 N–H and O–H groups in total. The van der Waals surface area contributed by atoms with Crippen LogP contribution in [0.2, 0.25) is 0 Å². The van der Waals surface area contributed by atoms with E-state index in [0.29, 0.717) is 17.7 Å². The van der Waals surface area contributed by atoms with Gasteiger partial charge in [0.1, 0.15) is 5.82 Å². The van der Waals surface area contributed by atoms with Crippen LogP contribution in [0.25, 0.3) is 11.1 Å². The Hall–Kier alpha value is -3.41. The highest BCUT2D eigenvalue weighted by molar-refractivity contribution is 5.96. The van der Waals surface area contributed by atoms with Gasteiger partial charge in [0.25, 0.3) is 5.91 Å². The lowest BCUT2D eigenvalue weighted by molar-refractivity contribution is -0.117. The van der Waals surface area contributed by atoms with Gasteiger partial charge in [0, 0.05) is 6.20 Å². The van der Waals surface area contributed by atoms with Gasteiger partial charge in [0.05, 0.1) is 17.9 Å². The van der Waals surface area contributed by atoms with Crippen LogP contribution in [0.5, 0.6) is 0 Å². The van der Waals surface area contributed by atoms with Crippen molar-refractivity contribution in [3.8, 4) is 11.1 Å². The predicted molar refractivity (Wildman–Crippen MR) is 115 cm³/mol. The molecule has 1 amide bonds. The molecule has 152 valence electrons. The van der Waals surface area contributed by atoms with Gasteiger partial charge in [-0.15, -0.1) is 0 Å². The Kier molecular flexibility index (Phi) is 5.40. The quantitative estimate of drug-likeness (QED) is 0.585. The van der Waals surface area contributed by atoms with E-state index in [9.17, 15) is 9.18 Å². The van der Waals surface area contributed by atoms with E-state index in [1.165, 1.54) is 6.07 Å². The molecule has 2 heterocycles. The maximum absolute atomic E-state index is 14.3. The van der Waals surface area contributed by atoms with E-state index in [1.807, 2.05) is 51.1 Å². The van der Waals surface area contributed by atoms with Crippen LogP contribution in [0.1, 0.15) is 48.2 Å². The number of nitrogens with one attached hydrogen (secondary N) is 1. The fourth-order valence-electron chi connectivity index (χ4n) is 3.87. The van der Waals surface area contributed by atoms with Crippen molar-refractivity contribution in [2.24, 2.45) is 10.2 Å². The number of hydrogen-bond donors (Lipinski definition) is 1. The molecule has 0 spiro atoms. The minimum Gasteiger partial charge on any atom is -0.322 e. The molecule has 6 heteroatoms. The third-order valence-corrected chi connectivity index (χ3v) is 5.36. The number of benzene rings is 2. The zero-order chi connectivity index (χ0) is 21.3. The minimum absolute atomic E-state index is 0.142. The van der Waals surface area contributed by atoms with Gasteiger partial charge in [-0.1, -0.05) is 31.2 Å². The summed E-state index contributed by atoms with van der Waals surface area (Å²) in [6.07, 6.45) is 3.91. The van der Waals surface area contributed by atoms with Crippen molar-refractivity contribution in [1.29, 1.82) is 0 Å². The van der Waals surface area contributed by atoms with Crippen molar-refractivity contribution in [3.63, 3.8) is 0 Å². The zero-order valence-electron chi connectivity index (χ0n) is 17.2. The van der Waals surface area contributed by atoms with Crippen molar-refractivity contribution in [1.82, 2.24) is 4.98 Å². The summed E-state index contributed by atoms with van der Waals surface area (Å²) in [6.45, 7) is 5.79. The zero-order valence-corrected chi connectivity index (χ0v) is 17.2. The van der Waals surface area contributed by atoms with Crippen LogP contribution in [0.4, 0.5) is 10.1 Å². The maximum Gasteiger partial charge on any atom is 0.255 e. The molecule has 0 saturated carbocycles. The van der Waals surface area contributed by atoms with E-state index >= 15 is 0 Å². The highest BCUT2D eigenvalue weighted by Gasteiger charge is 2.29. The minimum atomic E-state index is -0.768. The molecule has 0 radical (unpaired) electrons. The number of rotatable bonds is 4. The van der Waals surface area contributed by atoms with Crippen LogP contribution in [0.15, 0.2) is 65.1 Å². The van der Waals surface area contributed by atoms with Gasteiger partial charge in [-0.25, -0.2) is 4.39 Å². The molecule has 1 aromatic heterocycles. The van der Waals surface area contributed by atoms with Crippen LogP contribution in [0.3, 0.4) is 0 Å². The van der Waals surface area contributed by atoms with E-state index in [4.69, 9.17) is 0 Å². The second-order valence-electron chi connectivity index (χ2n) is 7.51. The summed E-state index contributed by atoms with van der Waals surface area (Å²) in [6, 6.07) is 11.9. The average Bonchev–Trinajstić information content (AvgIpc) is 2.73. The number of carbonyl (C=O) groups is 1. The van der Waals surface area contributed by atoms with Gasteiger partial charge < -0.3 is 5.32 Å². The highest BCUT2D eigenvalue weighted by Crippen LogP contribution is 2.38. The molecule has 3 aromatic rings. The molecule has 0 saturated heterocycles. The summed E-state index contributed by atoms with van der Waals surface area (Å²) >= 11 is 0. The first-order valence-electron chi connectivity index (χ1n) is 10.0. The number of hydrogen-bond acceptors (Lipinski definition) is 4. The molecular weight excluding hydrogens is 379 g/mol. The number of anilines is 1. The summed E-state index contributed by atoms with van der Waals surface area (Å²) in [4.78, 5) is 17.1. The fourth-order valence-corrected chi connectivity index (χ4v) is 3.87. The van der Waals surface area contributed by atoms with Gasteiger partial charge in [-0.2, -0.15) is 10.2 Å². The molecule has 0 aliphatic carbocycles. The highest BCUT2D eigenvalue weighted by atomic mass is 19.1. The second-order valence-corrected chi connectivity index (χ2v) is 7.51. The molecule has 2 unspecified atom stereocenters. The van der Waals surface area contributed by atoms with E-state index in [0.717, 1.165) is 27.8 Å². The van der Waals surface area contributed by atoms with Crippen molar-refractivity contribution in [3.05, 3.63) is 82.9 Å². The lowest BCUT2D eigenvalue weighted by Crippen LogP contribution is -2.23. The molecule has 2 aromatic carbocycles. The van der Waals surface area contributed by atoms with E-state index < -0.39 is 6.04 Å². The molecule has 1 aliphatic rings. The second kappa shape index (κ2) is 8.14. The number of halogens is 1. The molecular formula is C24H23FN4O. The van der Waals surface area contributed by atoms with Gasteiger partial charge in [-0.05, 0) is 71.8 Å². The standard InChI is InChI=1S/C24H23FN4O/c1-4-18-20(6-5-7-22(18)25)16-8-9-19-15(3)28-29-23(21(19)11-16)24(30)27-17-10-14(2)12-26-13-17/h5-13,15,23H,4H2,1-3H3,(H,27,30). The Morgan fingerprint density at radius 1 is 1.10 bits per heavy atom. The molecule has 1 aliphatic heterocycles. The third-order valence-electron chi connectivity index (χ3n) is 5.36. The molecule has 0 fully saturated rings. The van der Waals surface area contributed by atoms with E-state index in [-0.39, 0.29) is 17.8 Å². The topological polar surface area (TPSA) is 66.7 Å². The van der Waals surface area contributed by atoms with Crippen LogP contribution in [-0.4, -0.2) is 10.9 Å². The predicted octanol–water partition coefficient (Wildman–Crippen LogP) is 5.97. The van der Waals surface area contributed by atoms with Crippen molar-refractivity contribution >= 4 is 11.6 Å². The van der Waals surface area contributed by atoms with Crippen LogP contribution in [0, 0.1) is 12.7 Å². The first-order chi connectivity index (χ1) is 14.5. The lowest BCUT2D eigenvalue weighted by atomic mass is 9.89. The first-order valence-corrected chi connectivity index (χ1v) is 10.0. The Morgan fingerprint density at radius 2 is 1.93 bits per heavy atom. The Balaban J connectivity index is 1.73. The van der Waals surface area contributed by atoms with Gasteiger partial charge in [0.2, 0.25) is 0 Å².